The van der Waals surface area contributed by atoms with E-state index in [2.05, 4.69) is 9.97 Å². The van der Waals surface area contributed by atoms with Crippen LogP contribution in [-0.2, 0) is 6.54 Å². The van der Waals surface area contributed by atoms with Crippen molar-refractivity contribution in [3.63, 3.8) is 0 Å². The summed E-state index contributed by atoms with van der Waals surface area (Å²) >= 11 is 0. The SMILES string of the molecule is NCc1ccc(-c2cc(-c3ccncc3)c(-c3ccccc3)c(=O)[nH]2)cc1. The lowest BCUT2D eigenvalue weighted by Gasteiger charge is -2.12. The molecule has 0 amide bonds. The van der Waals surface area contributed by atoms with Crippen molar-refractivity contribution in [2.24, 2.45) is 5.73 Å². The van der Waals surface area contributed by atoms with Crippen LogP contribution in [-0.4, -0.2) is 9.97 Å². The Kier molecular flexibility index (Phi) is 4.64. The van der Waals surface area contributed by atoms with Crippen molar-refractivity contribution >= 4 is 0 Å². The molecule has 0 atom stereocenters. The molecule has 4 nitrogen and oxygen atoms in total. The fraction of sp³-hybridized carbons (Fsp3) is 0.0435. The molecule has 0 bridgehead atoms. The molecule has 2 aromatic heterocycles. The van der Waals surface area contributed by atoms with Gasteiger partial charge >= 0.3 is 0 Å². The van der Waals surface area contributed by atoms with Crippen LogP contribution in [0, 0.1) is 0 Å². The number of nitrogens with zero attached hydrogens (tertiary/aromatic N) is 1. The van der Waals surface area contributed by atoms with Crippen LogP contribution in [0.2, 0.25) is 0 Å². The van der Waals surface area contributed by atoms with Gasteiger partial charge in [-0.2, -0.15) is 0 Å². The quantitative estimate of drug-likeness (QED) is 0.577. The first-order valence-electron chi connectivity index (χ1n) is 8.79. The molecule has 0 aliphatic heterocycles. The minimum Gasteiger partial charge on any atom is -0.326 e. The van der Waals surface area contributed by atoms with E-state index in [4.69, 9.17) is 5.73 Å². The van der Waals surface area contributed by atoms with Gasteiger partial charge in [0.05, 0.1) is 5.56 Å². The van der Waals surface area contributed by atoms with Crippen LogP contribution in [0.4, 0.5) is 0 Å². The van der Waals surface area contributed by atoms with Gasteiger partial charge in [0.15, 0.2) is 0 Å². The largest absolute Gasteiger partial charge is 0.326 e. The van der Waals surface area contributed by atoms with E-state index >= 15 is 0 Å². The molecule has 132 valence electrons. The van der Waals surface area contributed by atoms with Crippen molar-refractivity contribution < 1.29 is 0 Å². The third-order valence-electron chi connectivity index (χ3n) is 4.59. The van der Waals surface area contributed by atoms with Crippen LogP contribution in [0.25, 0.3) is 33.5 Å². The van der Waals surface area contributed by atoms with Crippen molar-refractivity contribution in [1.29, 1.82) is 0 Å². The van der Waals surface area contributed by atoms with Crippen LogP contribution in [0.5, 0.6) is 0 Å². The number of aromatic nitrogens is 2. The number of aromatic amines is 1. The van der Waals surface area contributed by atoms with Crippen molar-refractivity contribution in [1.82, 2.24) is 9.97 Å². The molecule has 0 saturated carbocycles. The lowest BCUT2D eigenvalue weighted by atomic mass is 9.94. The molecule has 0 fully saturated rings. The number of hydrogen-bond acceptors (Lipinski definition) is 3. The first kappa shape index (κ1) is 16.9. The maximum Gasteiger partial charge on any atom is 0.256 e. The van der Waals surface area contributed by atoms with Crippen LogP contribution < -0.4 is 11.3 Å². The van der Waals surface area contributed by atoms with Gasteiger partial charge in [-0.3, -0.25) is 9.78 Å². The van der Waals surface area contributed by atoms with Gasteiger partial charge in [0.1, 0.15) is 0 Å². The molecule has 0 saturated heterocycles. The number of hydrogen-bond donors (Lipinski definition) is 2. The van der Waals surface area contributed by atoms with Crippen molar-refractivity contribution in [2.45, 2.75) is 6.54 Å². The maximum absolute atomic E-state index is 13.0. The Balaban J connectivity index is 1.94. The first-order valence-corrected chi connectivity index (χ1v) is 8.79. The second-order valence-corrected chi connectivity index (χ2v) is 6.30. The second-order valence-electron chi connectivity index (χ2n) is 6.30. The topological polar surface area (TPSA) is 71.8 Å². The first-order chi connectivity index (χ1) is 13.3. The molecule has 2 heterocycles. The summed E-state index contributed by atoms with van der Waals surface area (Å²) in [6.45, 7) is 0.492. The summed E-state index contributed by atoms with van der Waals surface area (Å²) in [5.74, 6) is 0. The number of pyridine rings is 2. The van der Waals surface area contributed by atoms with E-state index in [1.54, 1.807) is 12.4 Å². The maximum atomic E-state index is 13.0. The molecule has 2 aromatic carbocycles. The van der Waals surface area contributed by atoms with Gasteiger partial charge in [-0.25, -0.2) is 0 Å². The van der Waals surface area contributed by atoms with Crippen molar-refractivity contribution in [3.8, 4) is 33.5 Å². The van der Waals surface area contributed by atoms with Gasteiger partial charge in [0, 0.05) is 24.6 Å². The zero-order valence-electron chi connectivity index (χ0n) is 14.7. The summed E-state index contributed by atoms with van der Waals surface area (Å²) in [4.78, 5) is 20.2. The number of H-pyrrole nitrogens is 1. The molecule has 0 aliphatic carbocycles. The summed E-state index contributed by atoms with van der Waals surface area (Å²) in [6, 6.07) is 23.5. The summed E-state index contributed by atoms with van der Waals surface area (Å²) < 4.78 is 0. The molecule has 0 aliphatic rings. The van der Waals surface area contributed by atoms with Gasteiger partial charge in [0.25, 0.3) is 5.56 Å². The molecule has 4 aromatic rings. The average Bonchev–Trinajstić information content (AvgIpc) is 2.74. The summed E-state index contributed by atoms with van der Waals surface area (Å²) in [6.07, 6.45) is 3.47. The number of nitrogens with two attached hydrogens (primary N) is 1. The van der Waals surface area contributed by atoms with Crippen LogP contribution in [0.3, 0.4) is 0 Å². The third kappa shape index (κ3) is 3.43. The molecule has 0 radical (unpaired) electrons. The average molecular weight is 353 g/mol. The Bertz CT molecular complexity index is 1100. The zero-order chi connectivity index (χ0) is 18.6. The molecule has 0 spiro atoms. The molecular formula is C23H19N3O. The fourth-order valence-electron chi connectivity index (χ4n) is 3.19. The monoisotopic (exact) mass is 353 g/mol. The van der Waals surface area contributed by atoms with E-state index in [9.17, 15) is 4.79 Å². The predicted octanol–water partition coefficient (Wildman–Crippen LogP) is 4.23. The van der Waals surface area contributed by atoms with E-state index in [1.807, 2.05) is 72.8 Å². The summed E-state index contributed by atoms with van der Waals surface area (Å²) in [5.41, 5.74) is 11.7. The van der Waals surface area contributed by atoms with Crippen LogP contribution >= 0.6 is 0 Å². The van der Waals surface area contributed by atoms with E-state index in [1.165, 1.54) is 0 Å². The van der Waals surface area contributed by atoms with Gasteiger partial charge in [-0.15, -0.1) is 0 Å². The van der Waals surface area contributed by atoms with E-state index in [-0.39, 0.29) is 5.56 Å². The predicted molar refractivity (Wildman–Crippen MR) is 109 cm³/mol. The highest BCUT2D eigenvalue weighted by Crippen LogP contribution is 2.31. The van der Waals surface area contributed by atoms with Crippen LogP contribution in [0.1, 0.15) is 5.56 Å². The Hall–Kier alpha value is -3.50. The number of benzene rings is 2. The smallest absolute Gasteiger partial charge is 0.256 e. The van der Waals surface area contributed by atoms with Gasteiger partial charge in [-0.05, 0) is 46.0 Å². The summed E-state index contributed by atoms with van der Waals surface area (Å²) in [5, 5.41) is 0. The lowest BCUT2D eigenvalue weighted by molar-refractivity contribution is 1.07. The highest BCUT2D eigenvalue weighted by molar-refractivity contribution is 5.85. The van der Waals surface area contributed by atoms with E-state index in [0.717, 1.165) is 33.5 Å². The molecule has 4 heteroatoms. The Morgan fingerprint density at radius 2 is 1.52 bits per heavy atom. The Labute approximate surface area is 157 Å². The number of nitrogens with one attached hydrogen (secondary N) is 1. The molecule has 3 N–H and O–H groups in total. The molecular weight excluding hydrogens is 334 g/mol. The number of rotatable bonds is 4. The van der Waals surface area contributed by atoms with E-state index < -0.39 is 0 Å². The van der Waals surface area contributed by atoms with Crippen molar-refractivity contribution in [2.75, 3.05) is 0 Å². The molecule has 4 rings (SSSR count). The van der Waals surface area contributed by atoms with Gasteiger partial charge in [-0.1, -0.05) is 54.6 Å². The Morgan fingerprint density at radius 1 is 0.815 bits per heavy atom. The second kappa shape index (κ2) is 7.40. The minimum absolute atomic E-state index is 0.117. The van der Waals surface area contributed by atoms with Gasteiger partial charge < -0.3 is 10.7 Å². The minimum atomic E-state index is -0.117. The standard InChI is InChI=1S/C23H19N3O/c24-15-16-6-8-18(9-7-16)21-14-20(17-10-12-25-13-11-17)22(23(27)26-21)19-4-2-1-3-5-19/h1-14H,15,24H2,(H,26,27). The highest BCUT2D eigenvalue weighted by atomic mass is 16.1. The lowest BCUT2D eigenvalue weighted by Crippen LogP contribution is -2.12. The van der Waals surface area contributed by atoms with Crippen LogP contribution in [0.15, 0.2) is 90.0 Å². The zero-order valence-corrected chi connectivity index (χ0v) is 14.7. The highest BCUT2D eigenvalue weighted by Gasteiger charge is 2.14. The van der Waals surface area contributed by atoms with Crippen molar-refractivity contribution in [3.05, 3.63) is 101 Å². The normalized spacial score (nSPS) is 10.7. The Morgan fingerprint density at radius 3 is 2.19 bits per heavy atom. The summed E-state index contributed by atoms with van der Waals surface area (Å²) in [7, 11) is 0. The van der Waals surface area contributed by atoms with E-state index in [0.29, 0.717) is 12.1 Å². The molecule has 27 heavy (non-hydrogen) atoms. The third-order valence-corrected chi connectivity index (χ3v) is 4.59. The van der Waals surface area contributed by atoms with Gasteiger partial charge in [0.2, 0.25) is 0 Å². The fourth-order valence-corrected chi connectivity index (χ4v) is 3.19. The molecule has 0 unspecified atom stereocenters.